The number of benzene rings is 2. The summed E-state index contributed by atoms with van der Waals surface area (Å²) in [6.45, 7) is 2.06. The van der Waals surface area contributed by atoms with Gasteiger partial charge in [0.25, 0.3) is 0 Å². The molecule has 0 bridgehead atoms. The summed E-state index contributed by atoms with van der Waals surface area (Å²) < 4.78 is 25.4. The number of hydrogen-bond donors (Lipinski definition) is 0. The summed E-state index contributed by atoms with van der Waals surface area (Å²) in [5.74, 6) is 1.28. The molecule has 0 aromatic heterocycles. The number of aryl methyl sites for hydroxylation is 1. The minimum absolute atomic E-state index is 0.0386. The third kappa shape index (κ3) is 2.56. The summed E-state index contributed by atoms with van der Waals surface area (Å²) in [4.78, 5) is 14.1. The highest BCUT2D eigenvalue weighted by Gasteiger charge is 2.37. The van der Waals surface area contributed by atoms with E-state index in [0.717, 1.165) is 15.6 Å². The molecular weight excluding hydrogens is 397 g/mol. The van der Waals surface area contributed by atoms with Gasteiger partial charge in [-0.2, -0.15) is 0 Å². The van der Waals surface area contributed by atoms with Crippen molar-refractivity contribution >= 4 is 39.3 Å². The van der Waals surface area contributed by atoms with Gasteiger partial charge < -0.3 is 9.47 Å². The average molecular weight is 410 g/mol. The molecule has 2 aromatic carbocycles. The first kappa shape index (κ1) is 15.8. The van der Waals surface area contributed by atoms with Gasteiger partial charge in [-0.05, 0) is 36.8 Å². The van der Waals surface area contributed by atoms with Crippen molar-refractivity contribution in [2.45, 2.75) is 12.3 Å². The molecule has 1 amide bonds. The Balaban J connectivity index is 1.80. The van der Waals surface area contributed by atoms with Crippen LogP contribution in [-0.2, 0) is 4.79 Å². The summed E-state index contributed by atoms with van der Waals surface area (Å²) in [6, 6.07) is 8.22. The van der Waals surface area contributed by atoms with E-state index in [1.54, 1.807) is 11.0 Å². The van der Waals surface area contributed by atoms with E-state index in [9.17, 15) is 9.18 Å². The molecule has 0 radical (unpaired) electrons. The number of halogens is 2. The molecule has 2 aliphatic rings. The van der Waals surface area contributed by atoms with Crippen LogP contribution in [0.1, 0.15) is 16.5 Å². The molecule has 2 aliphatic heterocycles. The number of fused-ring (bicyclic) bond motifs is 1. The number of nitrogens with zero attached hydrogens (tertiary/aromatic N) is 1. The van der Waals surface area contributed by atoms with Gasteiger partial charge in [-0.15, -0.1) is 11.8 Å². The van der Waals surface area contributed by atoms with Gasteiger partial charge in [0, 0.05) is 10.0 Å². The smallest absolute Gasteiger partial charge is 0.238 e. The van der Waals surface area contributed by atoms with Gasteiger partial charge in [-0.25, -0.2) is 4.39 Å². The summed E-state index contributed by atoms with van der Waals surface area (Å²) >= 11 is 5.06. The Hall–Kier alpha value is -1.73. The first-order chi connectivity index (χ1) is 11.5. The third-order valence-corrected chi connectivity index (χ3v) is 5.94. The van der Waals surface area contributed by atoms with Gasteiger partial charge in [0.1, 0.15) is 11.2 Å². The molecule has 1 unspecified atom stereocenters. The van der Waals surface area contributed by atoms with E-state index in [1.807, 2.05) is 19.1 Å². The lowest BCUT2D eigenvalue weighted by Gasteiger charge is -2.26. The molecule has 2 aromatic rings. The van der Waals surface area contributed by atoms with Crippen molar-refractivity contribution in [2.75, 3.05) is 17.4 Å². The van der Waals surface area contributed by atoms with Crippen molar-refractivity contribution in [1.82, 2.24) is 0 Å². The molecular formula is C17H13BrFNO3S. The van der Waals surface area contributed by atoms with Gasteiger partial charge >= 0.3 is 0 Å². The summed E-state index contributed by atoms with van der Waals surface area (Å²) in [7, 11) is 0. The van der Waals surface area contributed by atoms with Crippen LogP contribution in [0.2, 0.25) is 0 Å². The van der Waals surface area contributed by atoms with E-state index < -0.39 is 0 Å². The van der Waals surface area contributed by atoms with Crippen molar-refractivity contribution < 1.29 is 18.7 Å². The first-order valence-corrected chi connectivity index (χ1v) is 9.17. The molecule has 0 N–H and O–H groups in total. The van der Waals surface area contributed by atoms with Crippen molar-refractivity contribution in [3.63, 3.8) is 0 Å². The van der Waals surface area contributed by atoms with Gasteiger partial charge in [0.2, 0.25) is 12.7 Å². The van der Waals surface area contributed by atoms with E-state index in [1.165, 1.54) is 23.9 Å². The molecule has 0 aliphatic carbocycles. The molecule has 124 valence electrons. The Kier molecular flexibility index (Phi) is 3.92. The Morgan fingerprint density at radius 2 is 2.00 bits per heavy atom. The predicted molar refractivity (Wildman–Crippen MR) is 94.1 cm³/mol. The van der Waals surface area contributed by atoms with Crippen molar-refractivity contribution in [2.24, 2.45) is 0 Å². The minimum Gasteiger partial charge on any atom is -0.454 e. The highest BCUT2D eigenvalue weighted by molar-refractivity contribution is 9.10. The molecule has 1 atom stereocenters. The zero-order valence-corrected chi connectivity index (χ0v) is 15.1. The normalized spacial score (nSPS) is 19.2. The Labute approximate surface area is 151 Å². The number of ether oxygens (including phenoxy) is 2. The standard InChI is InChI=1S/C17H13BrFNO3S/c1-9-2-3-10(19)4-13(9)20-16(21)7-24-17(20)11-5-14-15(6-12(11)18)23-8-22-14/h2-6,17H,7-8H2,1H3. The van der Waals surface area contributed by atoms with E-state index in [2.05, 4.69) is 15.9 Å². The predicted octanol–water partition coefficient (Wildman–Crippen LogP) is 4.40. The van der Waals surface area contributed by atoms with Crippen molar-refractivity contribution in [3.8, 4) is 11.5 Å². The quantitative estimate of drug-likeness (QED) is 0.736. The Bertz CT molecular complexity index is 845. The fourth-order valence-electron chi connectivity index (χ4n) is 2.88. The van der Waals surface area contributed by atoms with E-state index in [4.69, 9.17) is 9.47 Å². The SMILES string of the molecule is Cc1ccc(F)cc1N1C(=O)CSC1c1cc2c(cc1Br)OCO2. The number of carbonyl (C=O) groups is 1. The van der Waals surface area contributed by atoms with E-state index >= 15 is 0 Å². The average Bonchev–Trinajstić information content (AvgIpc) is 3.15. The largest absolute Gasteiger partial charge is 0.454 e. The molecule has 0 saturated carbocycles. The second-order valence-corrected chi connectivity index (χ2v) is 7.51. The molecule has 7 heteroatoms. The zero-order chi connectivity index (χ0) is 16.8. The van der Waals surface area contributed by atoms with E-state index in [0.29, 0.717) is 22.9 Å². The fraction of sp³-hybridized carbons (Fsp3) is 0.235. The van der Waals surface area contributed by atoms with Crippen LogP contribution in [0.5, 0.6) is 11.5 Å². The van der Waals surface area contributed by atoms with Crippen LogP contribution in [0.25, 0.3) is 0 Å². The van der Waals surface area contributed by atoms with Crippen LogP contribution in [0.15, 0.2) is 34.8 Å². The number of rotatable bonds is 2. The molecule has 1 saturated heterocycles. The number of amides is 1. The number of carbonyl (C=O) groups excluding carboxylic acids is 1. The second-order valence-electron chi connectivity index (χ2n) is 5.58. The van der Waals surface area contributed by atoms with Gasteiger partial charge in [-0.3, -0.25) is 9.69 Å². The minimum atomic E-state index is -0.358. The van der Waals surface area contributed by atoms with Crippen LogP contribution in [-0.4, -0.2) is 18.5 Å². The Morgan fingerprint density at radius 3 is 2.79 bits per heavy atom. The summed E-state index contributed by atoms with van der Waals surface area (Å²) in [5.41, 5.74) is 2.35. The number of anilines is 1. The molecule has 4 rings (SSSR count). The topological polar surface area (TPSA) is 38.8 Å². The highest BCUT2D eigenvalue weighted by atomic mass is 79.9. The van der Waals surface area contributed by atoms with Crippen LogP contribution >= 0.6 is 27.7 Å². The maximum absolute atomic E-state index is 13.7. The summed E-state index contributed by atoms with van der Waals surface area (Å²) in [5, 5.41) is -0.248. The van der Waals surface area contributed by atoms with Crippen molar-refractivity contribution in [3.05, 3.63) is 51.7 Å². The van der Waals surface area contributed by atoms with Crippen molar-refractivity contribution in [1.29, 1.82) is 0 Å². The number of thioether (sulfide) groups is 1. The number of hydrogen-bond acceptors (Lipinski definition) is 4. The molecule has 2 heterocycles. The second kappa shape index (κ2) is 5.97. The molecule has 4 nitrogen and oxygen atoms in total. The lowest BCUT2D eigenvalue weighted by Crippen LogP contribution is -2.28. The lowest BCUT2D eigenvalue weighted by molar-refractivity contribution is -0.115. The molecule has 0 spiro atoms. The third-order valence-electron chi connectivity index (χ3n) is 4.06. The summed E-state index contributed by atoms with van der Waals surface area (Å²) in [6.07, 6.45) is 0. The highest BCUT2D eigenvalue weighted by Crippen LogP contribution is 2.48. The lowest BCUT2D eigenvalue weighted by atomic mass is 10.1. The Morgan fingerprint density at radius 1 is 1.25 bits per heavy atom. The fourth-order valence-corrected chi connectivity index (χ4v) is 4.76. The van der Waals surface area contributed by atoms with Crippen LogP contribution in [0.3, 0.4) is 0 Å². The maximum atomic E-state index is 13.7. The monoisotopic (exact) mass is 409 g/mol. The first-order valence-electron chi connectivity index (χ1n) is 7.33. The molecule has 1 fully saturated rings. The van der Waals surface area contributed by atoms with Crippen LogP contribution in [0.4, 0.5) is 10.1 Å². The van der Waals surface area contributed by atoms with Crippen LogP contribution < -0.4 is 14.4 Å². The van der Waals surface area contributed by atoms with Gasteiger partial charge in [-0.1, -0.05) is 22.0 Å². The molecule has 24 heavy (non-hydrogen) atoms. The van der Waals surface area contributed by atoms with Gasteiger partial charge in [0.15, 0.2) is 11.5 Å². The maximum Gasteiger partial charge on any atom is 0.238 e. The van der Waals surface area contributed by atoms with Gasteiger partial charge in [0.05, 0.1) is 11.4 Å². The zero-order valence-electron chi connectivity index (χ0n) is 12.7. The van der Waals surface area contributed by atoms with Crippen LogP contribution in [0, 0.1) is 12.7 Å². The van der Waals surface area contributed by atoms with E-state index in [-0.39, 0.29) is 23.9 Å².